The maximum Gasteiger partial charge on any atom is 0.295 e. The SMILES string of the molecule is CN(C)CCN1C(=O)C(=O)C(=C(O)c2ccc(Cl)cc2)[C@H]1c1ccccn1. The number of halogens is 1. The van der Waals surface area contributed by atoms with Crippen LogP contribution in [0.25, 0.3) is 5.76 Å². The summed E-state index contributed by atoms with van der Waals surface area (Å²) < 4.78 is 0. The predicted molar refractivity (Wildman–Crippen MR) is 103 cm³/mol. The number of carbonyl (C=O) groups excluding carboxylic acids is 2. The zero-order valence-electron chi connectivity index (χ0n) is 15.1. The summed E-state index contributed by atoms with van der Waals surface area (Å²) >= 11 is 5.90. The van der Waals surface area contributed by atoms with Gasteiger partial charge in [0, 0.05) is 29.9 Å². The molecule has 2 heterocycles. The van der Waals surface area contributed by atoms with Crippen LogP contribution in [0.3, 0.4) is 0 Å². The Morgan fingerprint density at radius 3 is 2.48 bits per heavy atom. The van der Waals surface area contributed by atoms with Gasteiger partial charge in [-0.2, -0.15) is 0 Å². The van der Waals surface area contributed by atoms with Crippen molar-refractivity contribution in [3.05, 3.63) is 70.5 Å². The Labute approximate surface area is 162 Å². The quantitative estimate of drug-likeness (QED) is 0.486. The number of aromatic nitrogens is 1. The predicted octanol–water partition coefficient (Wildman–Crippen LogP) is 2.72. The van der Waals surface area contributed by atoms with Crippen LogP contribution in [0, 0.1) is 0 Å². The van der Waals surface area contributed by atoms with Gasteiger partial charge in [0.2, 0.25) is 0 Å². The highest BCUT2D eigenvalue weighted by atomic mass is 35.5. The smallest absolute Gasteiger partial charge is 0.295 e. The molecular formula is C20H20ClN3O3. The fourth-order valence-corrected chi connectivity index (χ4v) is 3.15. The number of nitrogens with zero attached hydrogens (tertiary/aromatic N) is 3. The molecule has 1 saturated heterocycles. The van der Waals surface area contributed by atoms with Crippen LogP contribution in [-0.4, -0.2) is 58.8 Å². The minimum absolute atomic E-state index is 0.0415. The van der Waals surface area contributed by atoms with Gasteiger partial charge in [0.25, 0.3) is 11.7 Å². The zero-order chi connectivity index (χ0) is 19.6. The number of carbonyl (C=O) groups is 2. The molecule has 1 fully saturated rings. The fraction of sp³-hybridized carbons (Fsp3) is 0.250. The molecule has 1 aliphatic rings. The summed E-state index contributed by atoms with van der Waals surface area (Å²) in [4.78, 5) is 33.1. The number of hydrogen-bond donors (Lipinski definition) is 1. The lowest BCUT2D eigenvalue weighted by molar-refractivity contribution is -0.140. The molecule has 140 valence electrons. The van der Waals surface area contributed by atoms with Crippen LogP contribution < -0.4 is 0 Å². The van der Waals surface area contributed by atoms with Crippen LogP contribution in [-0.2, 0) is 9.59 Å². The van der Waals surface area contributed by atoms with Crippen LogP contribution in [0.5, 0.6) is 0 Å². The first-order chi connectivity index (χ1) is 12.9. The highest BCUT2D eigenvalue weighted by molar-refractivity contribution is 6.46. The van der Waals surface area contributed by atoms with E-state index in [0.29, 0.717) is 29.4 Å². The van der Waals surface area contributed by atoms with Crippen LogP contribution in [0.15, 0.2) is 54.2 Å². The number of rotatable bonds is 5. The van der Waals surface area contributed by atoms with E-state index in [1.54, 1.807) is 48.7 Å². The number of benzene rings is 1. The van der Waals surface area contributed by atoms with Gasteiger partial charge < -0.3 is 14.9 Å². The van der Waals surface area contributed by atoms with Gasteiger partial charge in [-0.25, -0.2) is 0 Å². The number of likely N-dealkylation sites (tertiary alicyclic amines) is 1. The molecule has 0 unspecified atom stereocenters. The van der Waals surface area contributed by atoms with Crippen molar-refractivity contribution in [3.63, 3.8) is 0 Å². The summed E-state index contributed by atoms with van der Waals surface area (Å²) in [7, 11) is 3.78. The van der Waals surface area contributed by atoms with E-state index in [0.717, 1.165) is 0 Å². The Kier molecular flexibility index (Phi) is 5.58. The highest BCUT2D eigenvalue weighted by Crippen LogP contribution is 2.38. The van der Waals surface area contributed by atoms with Crippen molar-refractivity contribution in [1.29, 1.82) is 0 Å². The third kappa shape index (κ3) is 3.86. The van der Waals surface area contributed by atoms with E-state index in [4.69, 9.17) is 11.6 Å². The summed E-state index contributed by atoms with van der Waals surface area (Å²) in [6.45, 7) is 0.924. The van der Waals surface area contributed by atoms with Crippen molar-refractivity contribution in [2.45, 2.75) is 6.04 Å². The molecule has 3 rings (SSSR count). The molecule has 0 radical (unpaired) electrons. The van der Waals surface area contributed by atoms with Crippen molar-refractivity contribution in [3.8, 4) is 0 Å². The largest absolute Gasteiger partial charge is 0.507 e. The highest BCUT2D eigenvalue weighted by Gasteiger charge is 2.46. The van der Waals surface area contributed by atoms with E-state index in [9.17, 15) is 14.7 Å². The van der Waals surface area contributed by atoms with Crippen molar-refractivity contribution < 1.29 is 14.7 Å². The Hall–Kier alpha value is -2.70. The maximum absolute atomic E-state index is 12.7. The molecular weight excluding hydrogens is 366 g/mol. The minimum atomic E-state index is -0.734. The number of likely N-dealkylation sites (N-methyl/N-ethyl adjacent to an activating group) is 1. The van der Waals surface area contributed by atoms with Gasteiger partial charge in [-0.05, 0) is 50.5 Å². The first kappa shape index (κ1) is 19.1. The number of pyridine rings is 1. The molecule has 1 amide bonds. The van der Waals surface area contributed by atoms with Crippen molar-refractivity contribution in [1.82, 2.24) is 14.8 Å². The molecule has 1 atom stereocenters. The molecule has 0 bridgehead atoms. The van der Waals surface area contributed by atoms with E-state index in [1.807, 2.05) is 19.0 Å². The van der Waals surface area contributed by atoms with E-state index in [1.165, 1.54) is 4.90 Å². The van der Waals surface area contributed by atoms with Crippen LogP contribution in [0.1, 0.15) is 17.3 Å². The van der Waals surface area contributed by atoms with Crippen LogP contribution in [0.2, 0.25) is 5.02 Å². The van der Waals surface area contributed by atoms with E-state index in [-0.39, 0.29) is 11.3 Å². The number of amides is 1. The van der Waals surface area contributed by atoms with Gasteiger partial charge in [0.1, 0.15) is 11.8 Å². The molecule has 0 saturated carbocycles. The molecule has 2 aromatic rings. The molecule has 7 heteroatoms. The lowest BCUT2D eigenvalue weighted by Gasteiger charge is -2.25. The average molecular weight is 386 g/mol. The lowest BCUT2D eigenvalue weighted by Crippen LogP contribution is -2.35. The normalized spacial score (nSPS) is 19.1. The average Bonchev–Trinajstić information content (AvgIpc) is 2.91. The summed E-state index contributed by atoms with van der Waals surface area (Å²) in [5, 5.41) is 11.3. The maximum atomic E-state index is 12.7. The second-order valence-electron chi connectivity index (χ2n) is 6.56. The topological polar surface area (TPSA) is 73.7 Å². The molecule has 1 aliphatic heterocycles. The molecule has 1 N–H and O–H groups in total. The lowest BCUT2D eigenvalue weighted by atomic mass is 9.98. The Morgan fingerprint density at radius 1 is 1.19 bits per heavy atom. The number of aliphatic hydroxyl groups excluding tert-OH is 1. The second kappa shape index (κ2) is 7.90. The van der Waals surface area contributed by atoms with Gasteiger partial charge >= 0.3 is 0 Å². The Balaban J connectivity index is 2.12. The summed E-state index contributed by atoms with van der Waals surface area (Å²) in [6, 6.07) is 11.0. The van der Waals surface area contributed by atoms with Crippen molar-refractivity contribution in [2.24, 2.45) is 0 Å². The molecule has 6 nitrogen and oxygen atoms in total. The Bertz CT molecular complexity index is 879. The number of hydrogen-bond acceptors (Lipinski definition) is 5. The first-order valence-electron chi connectivity index (χ1n) is 8.50. The molecule has 0 spiro atoms. The van der Waals surface area contributed by atoms with E-state index < -0.39 is 17.7 Å². The van der Waals surface area contributed by atoms with E-state index >= 15 is 0 Å². The van der Waals surface area contributed by atoms with E-state index in [2.05, 4.69) is 4.98 Å². The Morgan fingerprint density at radius 2 is 1.89 bits per heavy atom. The fourth-order valence-electron chi connectivity index (χ4n) is 3.03. The number of Topliss-reactive ketones (excluding diaryl/α,β-unsaturated/α-hetero) is 1. The van der Waals surface area contributed by atoms with Crippen molar-refractivity contribution in [2.75, 3.05) is 27.2 Å². The summed E-state index contributed by atoms with van der Waals surface area (Å²) in [6.07, 6.45) is 1.60. The molecule has 1 aromatic carbocycles. The van der Waals surface area contributed by atoms with Crippen LogP contribution in [0.4, 0.5) is 0 Å². The van der Waals surface area contributed by atoms with Gasteiger partial charge in [-0.1, -0.05) is 17.7 Å². The number of aliphatic hydroxyl groups is 1. The first-order valence-corrected chi connectivity index (χ1v) is 8.88. The summed E-state index contributed by atoms with van der Waals surface area (Å²) in [5.41, 5.74) is 0.997. The third-order valence-corrected chi connectivity index (χ3v) is 4.67. The molecule has 27 heavy (non-hydrogen) atoms. The monoisotopic (exact) mass is 385 g/mol. The summed E-state index contributed by atoms with van der Waals surface area (Å²) in [5.74, 6) is -1.58. The zero-order valence-corrected chi connectivity index (χ0v) is 15.8. The third-order valence-electron chi connectivity index (χ3n) is 4.41. The molecule has 1 aromatic heterocycles. The van der Waals surface area contributed by atoms with Crippen molar-refractivity contribution >= 4 is 29.1 Å². The van der Waals surface area contributed by atoms with Gasteiger partial charge in [-0.15, -0.1) is 0 Å². The van der Waals surface area contributed by atoms with Gasteiger partial charge in [-0.3, -0.25) is 14.6 Å². The standard InChI is InChI=1S/C20H20ClN3O3/c1-23(2)11-12-24-17(15-5-3-4-10-22-15)16(19(26)20(24)27)18(25)13-6-8-14(21)9-7-13/h3-10,17,25H,11-12H2,1-2H3/t17-/m1/s1. The molecule has 0 aliphatic carbocycles. The minimum Gasteiger partial charge on any atom is -0.507 e. The van der Waals surface area contributed by atoms with Gasteiger partial charge in [0.15, 0.2) is 0 Å². The van der Waals surface area contributed by atoms with Gasteiger partial charge in [0.05, 0.1) is 11.3 Å². The second-order valence-corrected chi connectivity index (χ2v) is 6.99. The van der Waals surface area contributed by atoms with Crippen LogP contribution >= 0.6 is 11.6 Å². The number of ketones is 1.